The van der Waals surface area contributed by atoms with Crippen molar-refractivity contribution in [3.63, 3.8) is 0 Å². The third-order valence-corrected chi connectivity index (χ3v) is 12.4. The molecule has 4 atom stereocenters. The van der Waals surface area contributed by atoms with Crippen LogP contribution in [-0.4, -0.2) is 51.4 Å². The fourth-order valence-electron chi connectivity index (χ4n) is 8.80. The van der Waals surface area contributed by atoms with Crippen molar-refractivity contribution in [1.82, 2.24) is 19.9 Å². The van der Waals surface area contributed by atoms with Gasteiger partial charge in [0.05, 0.1) is 29.7 Å². The van der Waals surface area contributed by atoms with Crippen LogP contribution in [0, 0.1) is 13.8 Å². The predicted octanol–water partition coefficient (Wildman–Crippen LogP) is 11.9. The number of rotatable bonds is 13. The molecule has 5 heterocycles. The first-order chi connectivity index (χ1) is 28.2. The minimum Gasteiger partial charge on any atom is -0.468 e. The van der Waals surface area contributed by atoms with Gasteiger partial charge in [-0.2, -0.15) is 0 Å². The molecule has 8 bridgehead atoms. The molecule has 2 N–H and O–H groups in total. The van der Waals surface area contributed by atoms with E-state index in [1.54, 1.807) is 0 Å². The molecule has 9 heteroatoms. The Balaban J connectivity index is 1.38. The molecule has 0 radical (unpaired) electrons. The summed E-state index contributed by atoms with van der Waals surface area (Å²) in [7, 11) is 1.30. The van der Waals surface area contributed by atoms with Crippen molar-refractivity contribution in [3.05, 3.63) is 116 Å². The van der Waals surface area contributed by atoms with Crippen LogP contribution >= 0.6 is 0 Å². The molecule has 9 nitrogen and oxygen atoms in total. The lowest BCUT2D eigenvalue weighted by molar-refractivity contribution is -0.143. The number of Topliss-reactive ketones (excluding diaryl/α,β-unsaturated/α-hetero) is 1. The molecule has 3 aliphatic rings. The highest BCUT2D eigenvalue weighted by Gasteiger charge is 2.45. The summed E-state index contributed by atoms with van der Waals surface area (Å²) in [4.78, 5) is 58.7. The average Bonchev–Trinajstić information content (AvgIpc) is 3.94. The third-order valence-electron chi connectivity index (χ3n) is 12.4. The van der Waals surface area contributed by atoms with Gasteiger partial charge in [0.25, 0.3) is 0 Å². The van der Waals surface area contributed by atoms with E-state index in [4.69, 9.17) is 19.4 Å². The first kappa shape index (κ1) is 43.0. The summed E-state index contributed by atoms with van der Waals surface area (Å²) >= 11 is 0. The van der Waals surface area contributed by atoms with E-state index in [0.29, 0.717) is 28.8 Å². The molecular formula is C50H60N4O5. The van der Waals surface area contributed by atoms with Gasteiger partial charge in [-0.15, -0.1) is 0 Å². The van der Waals surface area contributed by atoms with Gasteiger partial charge in [-0.25, -0.2) is 0 Å². The SMILES string of the molecule is C=Cc1c(C)c2cc3nc(c4c5[nH]c(cc6nc(cc1[nH]2)C(C)C6=CC)c(C)c5C(=O)C4C(=O)OC)C(CCC(=O)OCC=C(C)CCC=C(C)CCC=C(C)C)C3C. The van der Waals surface area contributed by atoms with Gasteiger partial charge in [0, 0.05) is 63.1 Å². The topological polar surface area (TPSA) is 127 Å². The summed E-state index contributed by atoms with van der Waals surface area (Å²) in [6.07, 6.45) is 15.0. The van der Waals surface area contributed by atoms with E-state index in [2.05, 4.69) is 89.3 Å². The molecule has 0 amide bonds. The Hall–Kier alpha value is -5.57. The van der Waals surface area contributed by atoms with E-state index >= 15 is 0 Å². The van der Waals surface area contributed by atoms with Gasteiger partial charge in [0.2, 0.25) is 0 Å². The molecule has 1 aliphatic carbocycles. The van der Waals surface area contributed by atoms with Gasteiger partial charge in [0.1, 0.15) is 12.5 Å². The molecule has 4 unspecified atom stereocenters. The predicted molar refractivity (Wildman–Crippen MR) is 238 cm³/mol. The van der Waals surface area contributed by atoms with Gasteiger partial charge in [0.15, 0.2) is 5.78 Å². The van der Waals surface area contributed by atoms with Gasteiger partial charge in [-0.1, -0.05) is 61.4 Å². The van der Waals surface area contributed by atoms with Crippen molar-refractivity contribution < 1.29 is 23.9 Å². The molecule has 3 aromatic rings. The number of nitrogens with zero attached hydrogens (tertiary/aromatic N) is 2. The van der Waals surface area contributed by atoms with Gasteiger partial charge in [-0.3, -0.25) is 24.4 Å². The Bertz CT molecular complexity index is 2480. The number of hydrogen-bond acceptors (Lipinski definition) is 7. The third kappa shape index (κ3) is 8.75. The van der Waals surface area contributed by atoms with E-state index in [-0.39, 0.29) is 42.5 Å². The van der Waals surface area contributed by atoms with E-state index in [0.717, 1.165) is 81.6 Å². The molecule has 310 valence electrons. The summed E-state index contributed by atoms with van der Waals surface area (Å²) in [5.74, 6) is -2.88. The lowest BCUT2D eigenvalue weighted by Gasteiger charge is -2.18. The molecule has 6 rings (SSSR count). The number of ether oxygens (including phenoxy) is 2. The summed E-state index contributed by atoms with van der Waals surface area (Å²) in [5.41, 5.74) is 14.9. The van der Waals surface area contributed by atoms with E-state index < -0.39 is 11.9 Å². The van der Waals surface area contributed by atoms with Crippen LogP contribution in [0.1, 0.15) is 166 Å². The molecule has 59 heavy (non-hydrogen) atoms. The number of aryl methyl sites for hydroxylation is 2. The Kier molecular flexibility index (Phi) is 13.2. The maximum atomic E-state index is 14.3. The Morgan fingerprint density at radius 2 is 1.54 bits per heavy atom. The van der Waals surface area contributed by atoms with Crippen molar-refractivity contribution in [2.24, 2.45) is 0 Å². The average molecular weight is 797 g/mol. The zero-order valence-corrected chi connectivity index (χ0v) is 36.5. The second-order valence-corrected chi connectivity index (χ2v) is 16.7. The summed E-state index contributed by atoms with van der Waals surface area (Å²) < 4.78 is 11.0. The number of hydrogen-bond donors (Lipinski definition) is 2. The largest absolute Gasteiger partial charge is 0.468 e. The lowest BCUT2D eigenvalue weighted by Crippen LogP contribution is -2.21. The van der Waals surface area contributed by atoms with Gasteiger partial charge >= 0.3 is 11.9 Å². The molecule has 0 saturated carbocycles. The van der Waals surface area contributed by atoms with Gasteiger partial charge in [-0.05, 0) is 122 Å². The standard InChI is InChI=1S/C50H60N4O5/c1-12-34-30(7)37-24-39-32(9)36(20-21-43(55)59-23-22-29(6)19-15-18-28(5)17-14-16-27(3)4)47(53-39)45-46(50(57)58-11)49(56)44-33(10)40(54-48(44)45)26-42-35(13-2)31(8)38(52-42)25-41(34)51-37/h12-13,16,18,22,24-26,31-32,36,46,51,54H,1,14-15,17,19-21,23H2,2-11H3. The van der Waals surface area contributed by atoms with E-state index in [9.17, 15) is 14.4 Å². The Morgan fingerprint density at radius 3 is 2.22 bits per heavy atom. The maximum absolute atomic E-state index is 14.3. The van der Waals surface area contributed by atoms with Crippen LogP contribution in [0.2, 0.25) is 0 Å². The van der Waals surface area contributed by atoms with E-state index in [1.165, 1.54) is 23.8 Å². The molecule has 0 spiro atoms. The van der Waals surface area contributed by atoms with Crippen molar-refractivity contribution in [1.29, 1.82) is 0 Å². The monoisotopic (exact) mass is 796 g/mol. The smallest absolute Gasteiger partial charge is 0.321 e. The first-order valence-corrected chi connectivity index (χ1v) is 21.0. The Labute approximate surface area is 348 Å². The zero-order valence-electron chi connectivity index (χ0n) is 36.5. The fraction of sp³-hybridized carbons (Fsp3) is 0.420. The van der Waals surface area contributed by atoms with Crippen molar-refractivity contribution in [2.75, 3.05) is 13.7 Å². The Morgan fingerprint density at radius 1 is 0.864 bits per heavy atom. The molecule has 2 aliphatic heterocycles. The fourth-order valence-corrected chi connectivity index (χ4v) is 8.80. The molecule has 3 aromatic heterocycles. The normalized spacial score (nSPS) is 19.6. The highest BCUT2D eigenvalue weighted by atomic mass is 16.5. The maximum Gasteiger partial charge on any atom is 0.321 e. The number of esters is 2. The van der Waals surface area contributed by atoms with Crippen LogP contribution in [0.15, 0.2) is 65.8 Å². The van der Waals surface area contributed by atoms with Gasteiger partial charge < -0.3 is 19.4 Å². The number of carbonyl (C=O) groups excluding carboxylic acids is 3. The minimum atomic E-state index is -1.19. The van der Waals surface area contributed by atoms with Crippen LogP contribution in [0.5, 0.6) is 0 Å². The first-order valence-electron chi connectivity index (χ1n) is 21.0. The quantitative estimate of drug-likeness (QED) is 0.100. The number of ketones is 1. The van der Waals surface area contributed by atoms with Crippen LogP contribution < -0.4 is 0 Å². The number of aromatic nitrogens is 4. The van der Waals surface area contributed by atoms with Crippen molar-refractivity contribution >= 4 is 51.4 Å². The second-order valence-electron chi connectivity index (χ2n) is 16.7. The number of H-pyrrole nitrogens is 2. The summed E-state index contributed by atoms with van der Waals surface area (Å²) in [5, 5.41) is 0. The molecule has 0 aromatic carbocycles. The lowest BCUT2D eigenvalue weighted by atomic mass is 9.84. The minimum absolute atomic E-state index is 0.0352. The number of fused-ring (bicyclic) bond motifs is 8. The number of allylic oxidation sites excluding steroid dienone is 7. The number of methoxy groups -OCH3 is 1. The van der Waals surface area contributed by atoms with Crippen LogP contribution in [0.3, 0.4) is 0 Å². The summed E-state index contributed by atoms with van der Waals surface area (Å²) in [6, 6.07) is 6.12. The summed E-state index contributed by atoms with van der Waals surface area (Å²) in [6.45, 7) is 23.0. The van der Waals surface area contributed by atoms with Crippen LogP contribution in [0.25, 0.3) is 33.7 Å². The van der Waals surface area contributed by atoms with E-state index in [1.807, 2.05) is 38.1 Å². The number of nitrogens with one attached hydrogen (secondary N) is 2. The van der Waals surface area contributed by atoms with Crippen LogP contribution in [-0.2, 0) is 19.1 Å². The molecule has 0 saturated heterocycles. The highest BCUT2D eigenvalue weighted by Crippen LogP contribution is 2.48. The van der Waals surface area contributed by atoms with Crippen molar-refractivity contribution in [2.45, 2.75) is 125 Å². The number of carbonyl (C=O) groups is 3. The molecule has 0 fully saturated rings. The second kappa shape index (κ2) is 18.1. The number of aromatic amines is 2. The van der Waals surface area contributed by atoms with Crippen LogP contribution in [0.4, 0.5) is 0 Å². The zero-order chi connectivity index (χ0) is 42.7. The van der Waals surface area contributed by atoms with Crippen molar-refractivity contribution in [3.8, 4) is 0 Å². The molecular weight excluding hydrogens is 737 g/mol. The highest BCUT2D eigenvalue weighted by molar-refractivity contribution is 6.23.